The molecule has 2 N–H and O–H groups in total. The highest BCUT2D eigenvalue weighted by atomic mass is 16.3. The number of carbonyl (C=O) groups excluding carboxylic acids is 1. The minimum absolute atomic E-state index is 0.0698. The van der Waals surface area contributed by atoms with Gasteiger partial charge in [-0.05, 0) is 24.3 Å². The average molecular weight is 299 g/mol. The number of rotatable bonds is 5. The fraction of sp³-hybridized carbons (Fsp3) is 0.143. The van der Waals surface area contributed by atoms with Gasteiger partial charge in [0.05, 0.1) is 12.9 Å². The maximum Gasteiger partial charge on any atom is 0.247 e. The molecule has 0 saturated heterocycles. The zero-order chi connectivity index (χ0) is 15.4. The van der Waals surface area contributed by atoms with Gasteiger partial charge in [0.25, 0.3) is 0 Å². The maximum absolute atomic E-state index is 12.1. The molecule has 0 aromatic carbocycles. The SMILES string of the molecule is O=C(Cn1nnc(CO)c1-c1ccco1)Nc1ccccn1. The summed E-state index contributed by atoms with van der Waals surface area (Å²) < 4.78 is 6.68. The van der Waals surface area contributed by atoms with Gasteiger partial charge >= 0.3 is 0 Å². The molecule has 1 amide bonds. The quantitative estimate of drug-likeness (QED) is 0.729. The Labute approximate surface area is 125 Å². The molecule has 0 fully saturated rings. The third-order valence-electron chi connectivity index (χ3n) is 2.93. The summed E-state index contributed by atoms with van der Waals surface area (Å²) in [6, 6.07) is 8.64. The number of aliphatic hydroxyl groups excluding tert-OH is 1. The summed E-state index contributed by atoms with van der Waals surface area (Å²) in [6.45, 7) is -0.364. The van der Waals surface area contributed by atoms with Crippen LogP contribution in [-0.4, -0.2) is 31.0 Å². The summed E-state index contributed by atoms with van der Waals surface area (Å²) in [4.78, 5) is 16.1. The number of furan rings is 1. The van der Waals surface area contributed by atoms with Crippen molar-refractivity contribution in [2.45, 2.75) is 13.2 Å². The van der Waals surface area contributed by atoms with Gasteiger partial charge in [-0.2, -0.15) is 0 Å². The van der Waals surface area contributed by atoms with Crippen LogP contribution in [-0.2, 0) is 17.9 Å². The Morgan fingerprint density at radius 1 is 1.32 bits per heavy atom. The zero-order valence-corrected chi connectivity index (χ0v) is 11.5. The average Bonchev–Trinajstić information content (AvgIpc) is 3.16. The number of aliphatic hydroxyl groups is 1. The zero-order valence-electron chi connectivity index (χ0n) is 11.5. The number of nitrogens with zero attached hydrogens (tertiary/aromatic N) is 4. The van der Waals surface area contributed by atoms with Crippen LogP contribution in [0.5, 0.6) is 0 Å². The molecule has 0 radical (unpaired) electrons. The van der Waals surface area contributed by atoms with E-state index in [0.29, 0.717) is 23.0 Å². The monoisotopic (exact) mass is 299 g/mol. The minimum atomic E-state index is -0.305. The Morgan fingerprint density at radius 2 is 2.23 bits per heavy atom. The summed E-state index contributed by atoms with van der Waals surface area (Å²) >= 11 is 0. The van der Waals surface area contributed by atoms with Gasteiger partial charge in [0.15, 0.2) is 5.76 Å². The van der Waals surface area contributed by atoms with E-state index in [9.17, 15) is 9.90 Å². The van der Waals surface area contributed by atoms with Crippen molar-refractivity contribution in [3.63, 3.8) is 0 Å². The molecule has 0 aliphatic rings. The van der Waals surface area contributed by atoms with Crippen LogP contribution in [0, 0.1) is 0 Å². The van der Waals surface area contributed by atoms with Gasteiger partial charge in [0.2, 0.25) is 5.91 Å². The highest BCUT2D eigenvalue weighted by Crippen LogP contribution is 2.22. The molecule has 112 valence electrons. The molecule has 0 unspecified atom stereocenters. The normalized spacial score (nSPS) is 10.6. The van der Waals surface area contributed by atoms with Crippen LogP contribution >= 0.6 is 0 Å². The van der Waals surface area contributed by atoms with Crippen LogP contribution in [0.2, 0.25) is 0 Å². The van der Waals surface area contributed by atoms with Gasteiger partial charge in [-0.25, -0.2) is 9.67 Å². The van der Waals surface area contributed by atoms with E-state index < -0.39 is 0 Å². The lowest BCUT2D eigenvalue weighted by molar-refractivity contribution is -0.116. The van der Waals surface area contributed by atoms with E-state index in [1.165, 1.54) is 10.9 Å². The Balaban J connectivity index is 1.81. The standard InChI is InChI=1S/C14H13N5O3/c20-9-10-14(11-4-3-7-22-11)19(18-17-10)8-13(21)16-12-5-1-2-6-15-12/h1-7,20H,8-9H2,(H,15,16,21). The molecule has 3 aromatic heterocycles. The largest absolute Gasteiger partial charge is 0.463 e. The summed E-state index contributed by atoms with van der Waals surface area (Å²) in [5.41, 5.74) is 0.823. The van der Waals surface area contributed by atoms with Gasteiger partial charge in [0.1, 0.15) is 23.8 Å². The van der Waals surface area contributed by atoms with E-state index >= 15 is 0 Å². The van der Waals surface area contributed by atoms with E-state index in [4.69, 9.17) is 4.42 Å². The van der Waals surface area contributed by atoms with E-state index in [1.54, 1.807) is 36.5 Å². The summed E-state index contributed by atoms with van der Waals surface area (Å²) in [5.74, 6) is 0.634. The molecule has 0 aliphatic heterocycles. The van der Waals surface area contributed by atoms with Crippen molar-refractivity contribution < 1.29 is 14.3 Å². The Bertz CT molecular complexity index is 752. The molecule has 22 heavy (non-hydrogen) atoms. The number of aromatic nitrogens is 4. The summed E-state index contributed by atoms with van der Waals surface area (Å²) in [6.07, 6.45) is 3.09. The van der Waals surface area contributed by atoms with Crippen LogP contribution in [0.4, 0.5) is 5.82 Å². The van der Waals surface area contributed by atoms with Crippen molar-refractivity contribution in [2.24, 2.45) is 0 Å². The third-order valence-corrected chi connectivity index (χ3v) is 2.93. The fourth-order valence-electron chi connectivity index (χ4n) is 2.00. The van der Waals surface area contributed by atoms with Gasteiger partial charge in [-0.3, -0.25) is 4.79 Å². The first-order valence-corrected chi connectivity index (χ1v) is 6.56. The van der Waals surface area contributed by atoms with E-state index in [1.807, 2.05) is 0 Å². The van der Waals surface area contributed by atoms with E-state index in [2.05, 4.69) is 20.6 Å². The predicted molar refractivity (Wildman–Crippen MR) is 76.5 cm³/mol. The van der Waals surface area contributed by atoms with Crippen molar-refractivity contribution in [3.8, 4) is 11.5 Å². The molecule has 0 bridgehead atoms. The molecular formula is C14H13N5O3. The van der Waals surface area contributed by atoms with Crippen LogP contribution in [0.25, 0.3) is 11.5 Å². The van der Waals surface area contributed by atoms with Crippen LogP contribution in [0.1, 0.15) is 5.69 Å². The lowest BCUT2D eigenvalue weighted by atomic mass is 10.2. The number of amides is 1. The molecule has 3 heterocycles. The molecule has 0 atom stereocenters. The predicted octanol–water partition coefficient (Wildman–Crippen LogP) is 1.06. The van der Waals surface area contributed by atoms with E-state index in [-0.39, 0.29) is 19.1 Å². The Morgan fingerprint density at radius 3 is 2.91 bits per heavy atom. The number of hydrogen-bond acceptors (Lipinski definition) is 6. The summed E-state index contributed by atoms with van der Waals surface area (Å²) in [5, 5.41) is 19.7. The first-order valence-electron chi connectivity index (χ1n) is 6.56. The van der Waals surface area contributed by atoms with Crippen LogP contribution in [0.15, 0.2) is 47.2 Å². The van der Waals surface area contributed by atoms with Gasteiger partial charge in [0, 0.05) is 6.20 Å². The lowest BCUT2D eigenvalue weighted by Gasteiger charge is -2.06. The molecule has 8 nitrogen and oxygen atoms in total. The second kappa shape index (κ2) is 6.19. The second-order valence-electron chi connectivity index (χ2n) is 4.44. The number of carbonyl (C=O) groups is 1. The number of nitrogens with one attached hydrogen (secondary N) is 1. The van der Waals surface area contributed by atoms with Crippen molar-refractivity contribution in [1.29, 1.82) is 0 Å². The molecule has 0 saturated carbocycles. The Hall–Kier alpha value is -3.00. The molecule has 8 heteroatoms. The first kappa shape index (κ1) is 14.0. The highest BCUT2D eigenvalue weighted by molar-refractivity contribution is 5.89. The summed E-state index contributed by atoms with van der Waals surface area (Å²) in [7, 11) is 0. The minimum Gasteiger partial charge on any atom is -0.463 e. The highest BCUT2D eigenvalue weighted by Gasteiger charge is 2.18. The third kappa shape index (κ3) is 2.86. The van der Waals surface area contributed by atoms with Gasteiger partial charge in [-0.15, -0.1) is 5.10 Å². The van der Waals surface area contributed by atoms with Crippen LogP contribution in [0.3, 0.4) is 0 Å². The fourth-order valence-corrected chi connectivity index (χ4v) is 2.00. The molecular weight excluding hydrogens is 286 g/mol. The topological polar surface area (TPSA) is 106 Å². The molecule has 0 aliphatic carbocycles. The van der Waals surface area contributed by atoms with Crippen molar-refractivity contribution in [2.75, 3.05) is 5.32 Å². The molecule has 3 rings (SSSR count). The van der Waals surface area contributed by atoms with Crippen molar-refractivity contribution in [1.82, 2.24) is 20.0 Å². The maximum atomic E-state index is 12.1. The molecule has 3 aromatic rings. The smallest absolute Gasteiger partial charge is 0.247 e. The van der Waals surface area contributed by atoms with E-state index in [0.717, 1.165) is 0 Å². The van der Waals surface area contributed by atoms with Gasteiger partial charge < -0.3 is 14.8 Å². The number of anilines is 1. The second-order valence-corrected chi connectivity index (χ2v) is 4.44. The number of pyridine rings is 1. The molecule has 0 spiro atoms. The number of hydrogen-bond donors (Lipinski definition) is 2. The lowest BCUT2D eigenvalue weighted by Crippen LogP contribution is -2.20. The van der Waals surface area contributed by atoms with Crippen LogP contribution < -0.4 is 5.32 Å². The first-order chi connectivity index (χ1) is 10.8. The van der Waals surface area contributed by atoms with Crippen molar-refractivity contribution in [3.05, 3.63) is 48.5 Å². The Kier molecular flexibility index (Phi) is 3.92. The van der Waals surface area contributed by atoms with Gasteiger partial charge in [-0.1, -0.05) is 11.3 Å². The van der Waals surface area contributed by atoms with Crippen molar-refractivity contribution >= 4 is 11.7 Å².